The largest absolute Gasteiger partial charge is 0.482 e. The SMILES string of the molecule is Cn1ccnc1COc1cc(-c2ccc(C(=O)N3CCC(N4CCCC4)CC3)cc2)cnc1N. The van der Waals surface area contributed by atoms with Crippen LogP contribution < -0.4 is 10.5 Å². The quantitative estimate of drug-likeness (QED) is 0.607. The molecule has 0 bridgehead atoms. The number of carbonyl (C=O) groups excluding carboxylic acids is 1. The van der Waals surface area contributed by atoms with Crippen molar-refractivity contribution in [3.05, 3.63) is 60.3 Å². The second-order valence-corrected chi connectivity index (χ2v) is 9.19. The Morgan fingerprint density at radius 1 is 1.06 bits per heavy atom. The number of aromatic nitrogens is 3. The number of carbonyl (C=O) groups is 1. The predicted molar refractivity (Wildman–Crippen MR) is 131 cm³/mol. The number of anilines is 1. The summed E-state index contributed by atoms with van der Waals surface area (Å²) in [6, 6.07) is 10.2. The van der Waals surface area contributed by atoms with E-state index in [-0.39, 0.29) is 5.91 Å². The molecule has 2 saturated heterocycles. The van der Waals surface area contributed by atoms with Gasteiger partial charge in [0.25, 0.3) is 5.91 Å². The van der Waals surface area contributed by atoms with E-state index in [4.69, 9.17) is 10.5 Å². The van der Waals surface area contributed by atoms with Gasteiger partial charge in [0.1, 0.15) is 12.4 Å². The molecule has 3 aromatic rings. The maximum absolute atomic E-state index is 13.1. The molecule has 2 fully saturated rings. The number of hydrogen-bond acceptors (Lipinski definition) is 6. The Hall–Kier alpha value is -3.39. The van der Waals surface area contributed by atoms with Gasteiger partial charge in [-0.25, -0.2) is 9.97 Å². The first-order chi connectivity index (χ1) is 16.6. The molecule has 0 atom stereocenters. The monoisotopic (exact) mass is 460 g/mol. The Kier molecular flexibility index (Phi) is 6.49. The fourth-order valence-electron chi connectivity index (χ4n) is 4.94. The second kappa shape index (κ2) is 9.85. The summed E-state index contributed by atoms with van der Waals surface area (Å²) in [7, 11) is 1.92. The van der Waals surface area contributed by atoms with Gasteiger partial charge >= 0.3 is 0 Å². The number of nitrogens with zero attached hydrogens (tertiary/aromatic N) is 5. The number of benzene rings is 1. The lowest BCUT2D eigenvalue weighted by atomic mass is 10.0. The van der Waals surface area contributed by atoms with Gasteiger partial charge in [0.15, 0.2) is 11.6 Å². The average molecular weight is 461 g/mol. The summed E-state index contributed by atoms with van der Waals surface area (Å²) in [6.07, 6.45) is 10.1. The highest BCUT2D eigenvalue weighted by Gasteiger charge is 2.28. The maximum Gasteiger partial charge on any atom is 0.253 e. The smallest absolute Gasteiger partial charge is 0.253 e. The molecule has 0 spiro atoms. The van der Waals surface area contributed by atoms with Crippen molar-refractivity contribution in [1.29, 1.82) is 0 Å². The number of nitrogens with two attached hydrogens (primary N) is 1. The Morgan fingerprint density at radius 2 is 1.79 bits per heavy atom. The van der Waals surface area contributed by atoms with Gasteiger partial charge in [-0.2, -0.15) is 0 Å². The lowest BCUT2D eigenvalue weighted by molar-refractivity contribution is 0.0644. The van der Waals surface area contributed by atoms with E-state index in [0.29, 0.717) is 24.2 Å². The van der Waals surface area contributed by atoms with Crippen LogP contribution in [-0.4, -0.2) is 62.5 Å². The minimum Gasteiger partial charge on any atom is -0.482 e. The van der Waals surface area contributed by atoms with Crippen LogP contribution in [-0.2, 0) is 13.7 Å². The summed E-state index contributed by atoms with van der Waals surface area (Å²) in [5.41, 5.74) is 8.59. The average Bonchev–Trinajstić information content (AvgIpc) is 3.55. The molecule has 2 aliphatic heterocycles. The van der Waals surface area contributed by atoms with Crippen LogP contribution in [0, 0.1) is 0 Å². The normalized spacial score (nSPS) is 17.3. The van der Waals surface area contributed by atoms with E-state index in [1.807, 2.05) is 53.0 Å². The van der Waals surface area contributed by atoms with Crippen LogP contribution in [0.3, 0.4) is 0 Å². The van der Waals surface area contributed by atoms with Crippen LogP contribution in [0.15, 0.2) is 48.9 Å². The number of hydrogen-bond donors (Lipinski definition) is 1. The Bertz CT molecular complexity index is 1130. The number of likely N-dealkylation sites (tertiary alicyclic amines) is 2. The van der Waals surface area contributed by atoms with Crippen molar-refractivity contribution in [2.75, 3.05) is 31.9 Å². The summed E-state index contributed by atoms with van der Waals surface area (Å²) >= 11 is 0. The maximum atomic E-state index is 13.1. The number of rotatable bonds is 6. The summed E-state index contributed by atoms with van der Waals surface area (Å²) < 4.78 is 7.78. The topological polar surface area (TPSA) is 89.5 Å². The Morgan fingerprint density at radius 3 is 2.47 bits per heavy atom. The van der Waals surface area contributed by atoms with Crippen LogP contribution in [0.2, 0.25) is 0 Å². The number of imidazole rings is 1. The van der Waals surface area contributed by atoms with E-state index in [1.54, 1.807) is 12.4 Å². The van der Waals surface area contributed by atoms with Crippen LogP contribution in [0.1, 0.15) is 41.9 Å². The Balaban J connectivity index is 1.22. The van der Waals surface area contributed by atoms with Crippen LogP contribution >= 0.6 is 0 Å². The highest BCUT2D eigenvalue weighted by Crippen LogP contribution is 2.28. The van der Waals surface area contributed by atoms with Crippen molar-refractivity contribution in [1.82, 2.24) is 24.3 Å². The second-order valence-electron chi connectivity index (χ2n) is 9.19. The van der Waals surface area contributed by atoms with E-state index in [1.165, 1.54) is 25.9 Å². The first-order valence-corrected chi connectivity index (χ1v) is 12.1. The van der Waals surface area contributed by atoms with Gasteiger partial charge in [-0.05, 0) is 62.5 Å². The van der Waals surface area contributed by atoms with E-state index in [2.05, 4.69) is 14.9 Å². The third kappa shape index (κ3) is 4.77. The summed E-state index contributed by atoms with van der Waals surface area (Å²) in [6.45, 7) is 4.41. The number of pyridine rings is 1. The molecule has 1 aromatic carbocycles. The molecular formula is C26H32N6O2. The van der Waals surface area contributed by atoms with E-state index in [9.17, 15) is 4.79 Å². The Labute approximate surface area is 200 Å². The molecule has 2 aliphatic rings. The lowest BCUT2D eigenvalue weighted by Gasteiger charge is -2.36. The number of ether oxygens (including phenoxy) is 1. The summed E-state index contributed by atoms with van der Waals surface area (Å²) in [4.78, 5) is 26.2. The van der Waals surface area contributed by atoms with Gasteiger partial charge in [-0.1, -0.05) is 12.1 Å². The van der Waals surface area contributed by atoms with Gasteiger partial charge in [0.05, 0.1) is 0 Å². The molecule has 178 valence electrons. The zero-order valence-corrected chi connectivity index (χ0v) is 19.7. The molecule has 2 aromatic heterocycles. The minimum atomic E-state index is 0.112. The first kappa shape index (κ1) is 22.4. The van der Waals surface area contributed by atoms with Crippen molar-refractivity contribution < 1.29 is 9.53 Å². The van der Waals surface area contributed by atoms with E-state index in [0.717, 1.165) is 48.4 Å². The van der Waals surface area contributed by atoms with Crippen molar-refractivity contribution in [2.24, 2.45) is 7.05 Å². The van der Waals surface area contributed by atoms with Crippen LogP contribution in [0.25, 0.3) is 11.1 Å². The molecule has 8 heteroatoms. The van der Waals surface area contributed by atoms with Crippen molar-refractivity contribution in [3.63, 3.8) is 0 Å². The number of amides is 1. The number of nitrogen functional groups attached to an aromatic ring is 1. The van der Waals surface area contributed by atoms with Gasteiger partial charge < -0.3 is 24.8 Å². The molecule has 0 unspecified atom stereocenters. The zero-order chi connectivity index (χ0) is 23.5. The molecular weight excluding hydrogens is 428 g/mol. The van der Waals surface area contributed by atoms with Crippen molar-refractivity contribution >= 4 is 11.7 Å². The third-order valence-corrected chi connectivity index (χ3v) is 7.03. The zero-order valence-electron chi connectivity index (χ0n) is 19.7. The molecule has 34 heavy (non-hydrogen) atoms. The highest BCUT2D eigenvalue weighted by molar-refractivity contribution is 5.94. The fraction of sp³-hybridized carbons (Fsp3) is 0.423. The van der Waals surface area contributed by atoms with Gasteiger partial charge in [0.2, 0.25) is 0 Å². The fourth-order valence-corrected chi connectivity index (χ4v) is 4.94. The molecule has 0 radical (unpaired) electrons. The highest BCUT2D eigenvalue weighted by atomic mass is 16.5. The van der Waals surface area contributed by atoms with Crippen LogP contribution in [0.5, 0.6) is 5.75 Å². The van der Waals surface area contributed by atoms with Gasteiger partial charge in [0, 0.05) is 55.9 Å². The molecule has 0 aliphatic carbocycles. The van der Waals surface area contributed by atoms with Crippen molar-refractivity contribution in [3.8, 4) is 16.9 Å². The van der Waals surface area contributed by atoms with Gasteiger partial charge in [-0.15, -0.1) is 0 Å². The standard InChI is InChI=1S/C26H32N6O2/c1-30-15-10-28-24(30)18-34-23-16-21(17-29-25(23)27)19-4-6-20(7-5-19)26(33)32-13-8-22(9-14-32)31-11-2-3-12-31/h4-7,10,15-17,22H,2-3,8-9,11-14,18H2,1H3,(H2,27,29). The van der Waals surface area contributed by atoms with E-state index >= 15 is 0 Å². The first-order valence-electron chi connectivity index (χ1n) is 12.1. The third-order valence-electron chi connectivity index (χ3n) is 7.03. The predicted octanol–water partition coefficient (Wildman–Crippen LogP) is 3.34. The summed E-state index contributed by atoms with van der Waals surface area (Å²) in [5.74, 6) is 1.77. The molecule has 2 N–H and O–H groups in total. The van der Waals surface area contributed by atoms with E-state index < -0.39 is 0 Å². The minimum absolute atomic E-state index is 0.112. The lowest BCUT2D eigenvalue weighted by Crippen LogP contribution is -2.45. The number of piperidine rings is 1. The molecule has 4 heterocycles. The van der Waals surface area contributed by atoms with Crippen LogP contribution in [0.4, 0.5) is 5.82 Å². The summed E-state index contributed by atoms with van der Waals surface area (Å²) in [5, 5.41) is 0. The van der Waals surface area contributed by atoms with Crippen molar-refractivity contribution in [2.45, 2.75) is 38.3 Å². The van der Waals surface area contributed by atoms with Gasteiger partial charge in [-0.3, -0.25) is 4.79 Å². The molecule has 0 saturated carbocycles. The molecule has 8 nitrogen and oxygen atoms in total. The molecule has 5 rings (SSSR count). The number of aryl methyl sites for hydroxylation is 1. The molecule has 1 amide bonds.